The molecular formula is C24H24N2O3. The Morgan fingerprint density at radius 3 is 1.62 bits per heavy atom. The summed E-state index contributed by atoms with van der Waals surface area (Å²) in [6.07, 6.45) is -0.756. The number of ether oxygens (including phenoxy) is 1. The van der Waals surface area contributed by atoms with E-state index >= 15 is 0 Å². The van der Waals surface area contributed by atoms with Crippen LogP contribution in [-0.4, -0.2) is 18.9 Å². The largest absolute Gasteiger partial charge is 0.496 e. The van der Waals surface area contributed by atoms with E-state index in [1.165, 1.54) is 0 Å². The van der Waals surface area contributed by atoms with Crippen LogP contribution in [0.5, 0.6) is 5.75 Å². The zero-order valence-corrected chi connectivity index (χ0v) is 16.7. The smallest absolute Gasteiger partial charge is 0.253 e. The molecule has 0 aromatic heterocycles. The van der Waals surface area contributed by atoms with Crippen molar-refractivity contribution in [3.8, 4) is 5.75 Å². The number of nitrogens with one attached hydrogen (secondary N) is 2. The first-order valence-electron chi connectivity index (χ1n) is 9.36. The molecule has 0 atom stereocenters. The van der Waals surface area contributed by atoms with Crippen molar-refractivity contribution in [2.75, 3.05) is 7.11 Å². The molecule has 0 fully saturated rings. The molecule has 5 nitrogen and oxygen atoms in total. The highest BCUT2D eigenvalue weighted by atomic mass is 16.5. The molecule has 0 spiro atoms. The van der Waals surface area contributed by atoms with Crippen molar-refractivity contribution >= 4 is 11.8 Å². The van der Waals surface area contributed by atoms with Crippen LogP contribution in [0.1, 0.15) is 43.6 Å². The van der Waals surface area contributed by atoms with Crippen molar-refractivity contribution in [3.63, 3.8) is 0 Å². The molecule has 0 aliphatic rings. The molecule has 3 aromatic carbocycles. The summed E-state index contributed by atoms with van der Waals surface area (Å²) in [6.45, 7) is 3.92. The number of para-hydroxylation sites is 1. The lowest BCUT2D eigenvalue weighted by molar-refractivity contribution is 0.0882. The molecule has 0 saturated carbocycles. The van der Waals surface area contributed by atoms with Crippen LogP contribution in [0.25, 0.3) is 0 Å². The lowest BCUT2D eigenvalue weighted by Crippen LogP contribution is -2.41. The summed E-state index contributed by atoms with van der Waals surface area (Å²) >= 11 is 0. The van der Waals surface area contributed by atoms with E-state index in [1.54, 1.807) is 37.4 Å². The second-order valence-corrected chi connectivity index (χ2v) is 6.85. The first-order chi connectivity index (χ1) is 14.0. The van der Waals surface area contributed by atoms with Crippen molar-refractivity contribution < 1.29 is 14.3 Å². The number of methoxy groups -OCH3 is 1. The fraction of sp³-hybridized carbons (Fsp3) is 0.167. The maximum atomic E-state index is 12.8. The third kappa shape index (κ3) is 5.02. The van der Waals surface area contributed by atoms with Gasteiger partial charge in [-0.15, -0.1) is 0 Å². The van der Waals surface area contributed by atoms with Gasteiger partial charge in [0.1, 0.15) is 11.9 Å². The number of aryl methyl sites for hydroxylation is 2. The summed E-state index contributed by atoms with van der Waals surface area (Å²) in [6, 6.07) is 21.8. The van der Waals surface area contributed by atoms with Crippen LogP contribution in [0.3, 0.4) is 0 Å². The molecular weight excluding hydrogens is 364 g/mol. The van der Waals surface area contributed by atoms with Crippen LogP contribution >= 0.6 is 0 Å². The highest BCUT2D eigenvalue weighted by molar-refractivity contribution is 5.97. The SMILES string of the molecule is COc1ccccc1C(NC(=O)c1ccc(C)cc1)NC(=O)c1ccc(C)cc1. The molecule has 3 aromatic rings. The number of hydrogen-bond acceptors (Lipinski definition) is 3. The van der Waals surface area contributed by atoms with E-state index in [9.17, 15) is 9.59 Å². The predicted octanol–water partition coefficient (Wildman–Crippen LogP) is 4.17. The van der Waals surface area contributed by atoms with E-state index < -0.39 is 6.17 Å². The molecule has 3 rings (SSSR count). The van der Waals surface area contributed by atoms with Crippen LogP contribution in [-0.2, 0) is 0 Å². The Labute approximate surface area is 170 Å². The molecule has 0 aliphatic heterocycles. The van der Waals surface area contributed by atoms with Crippen LogP contribution in [0.15, 0.2) is 72.8 Å². The second kappa shape index (κ2) is 9.06. The van der Waals surface area contributed by atoms with Gasteiger partial charge in [0.25, 0.3) is 11.8 Å². The zero-order valence-electron chi connectivity index (χ0n) is 16.7. The summed E-state index contributed by atoms with van der Waals surface area (Å²) < 4.78 is 5.43. The van der Waals surface area contributed by atoms with Gasteiger partial charge >= 0.3 is 0 Å². The van der Waals surface area contributed by atoms with E-state index in [4.69, 9.17) is 4.74 Å². The van der Waals surface area contributed by atoms with Gasteiger partial charge in [-0.3, -0.25) is 9.59 Å². The van der Waals surface area contributed by atoms with E-state index in [-0.39, 0.29) is 11.8 Å². The van der Waals surface area contributed by atoms with E-state index in [2.05, 4.69) is 10.6 Å². The summed E-state index contributed by atoms with van der Waals surface area (Å²) in [5, 5.41) is 5.81. The van der Waals surface area contributed by atoms with Gasteiger partial charge in [-0.2, -0.15) is 0 Å². The fourth-order valence-electron chi connectivity index (χ4n) is 2.94. The lowest BCUT2D eigenvalue weighted by atomic mass is 10.1. The number of rotatable bonds is 6. The molecule has 29 heavy (non-hydrogen) atoms. The average molecular weight is 388 g/mol. The van der Waals surface area contributed by atoms with Crippen molar-refractivity contribution in [1.29, 1.82) is 0 Å². The van der Waals surface area contributed by atoms with Gasteiger partial charge in [0, 0.05) is 16.7 Å². The van der Waals surface area contributed by atoms with Crippen LogP contribution in [0.4, 0.5) is 0 Å². The molecule has 0 aliphatic carbocycles. The number of benzene rings is 3. The third-order valence-corrected chi connectivity index (χ3v) is 4.63. The van der Waals surface area contributed by atoms with Gasteiger partial charge < -0.3 is 15.4 Å². The Morgan fingerprint density at radius 2 is 1.17 bits per heavy atom. The molecule has 0 bridgehead atoms. The Bertz CT molecular complexity index is 936. The second-order valence-electron chi connectivity index (χ2n) is 6.85. The minimum absolute atomic E-state index is 0.287. The molecule has 0 heterocycles. The summed E-state index contributed by atoms with van der Waals surface area (Å²) in [5.74, 6) is 0.00105. The highest BCUT2D eigenvalue weighted by Crippen LogP contribution is 2.24. The topological polar surface area (TPSA) is 67.4 Å². The quantitative estimate of drug-likeness (QED) is 0.623. The first kappa shape index (κ1) is 20.1. The van der Waals surface area contributed by atoms with Gasteiger partial charge in [-0.1, -0.05) is 53.6 Å². The number of carbonyl (C=O) groups is 2. The Kier molecular flexibility index (Phi) is 6.29. The average Bonchev–Trinajstić information content (AvgIpc) is 2.74. The normalized spacial score (nSPS) is 10.5. The minimum Gasteiger partial charge on any atom is -0.496 e. The maximum absolute atomic E-state index is 12.8. The lowest BCUT2D eigenvalue weighted by Gasteiger charge is -2.23. The Morgan fingerprint density at radius 1 is 0.724 bits per heavy atom. The van der Waals surface area contributed by atoms with Gasteiger partial charge in [-0.25, -0.2) is 0 Å². The maximum Gasteiger partial charge on any atom is 0.253 e. The third-order valence-electron chi connectivity index (χ3n) is 4.63. The molecule has 148 valence electrons. The van der Waals surface area contributed by atoms with Crippen LogP contribution in [0, 0.1) is 13.8 Å². The monoisotopic (exact) mass is 388 g/mol. The van der Waals surface area contributed by atoms with Crippen molar-refractivity contribution in [3.05, 3.63) is 101 Å². The molecule has 0 radical (unpaired) electrons. The minimum atomic E-state index is -0.756. The van der Waals surface area contributed by atoms with E-state index in [0.717, 1.165) is 11.1 Å². The molecule has 2 N–H and O–H groups in total. The van der Waals surface area contributed by atoms with Crippen molar-refractivity contribution in [2.45, 2.75) is 20.0 Å². The van der Waals surface area contributed by atoms with Crippen molar-refractivity contribution in [1.82, 2.24) is 10.6 Å². The van der Waals surface area contributed by atoms with Gasteiger partial charge in [0.2, 0.25) is 0 Å². The van der Waals surface area contributed by atoms with Crippen LogP contribution in [0.2, 0.25) is 0 Å². The fourth-order valence-corrected chi connectivity index (χ4v) is 2.94. The van der Waals surface area contributed by atoms with E-state index in [0.29, 0.717) is 22.4 Å². The van der Waals surface area contributed by atoms with Gasteiger partial charge in [0.05, 0.1) is 7.11 Å². The van der Waals surface area contributed by atoms with Gasteiger partial charge in [-0.05, 0) is 44.2 Å². The summed E-state index contributed by atoms with van der Waals surface area (Å²) in [4.78, 5) is 25.6. The zero-order chi connectivity index (χ0) is 20.8. The Hall–Kier alpha value is -3.60. The summed E-state index contributed by atoms with van der Waals surface area (Å²) in [5.41, 5.74) is 3.82. The predicted molar refractivity (Wildman–Crippen MR) is 113 cm³/mol. The molecule has 2 amide bonds. The van der Waals surface area contributed by atoms with Crippen molar-refractivity contribution in [2.24, 2.45) is 0 Å². The van der Waals surface area contributed by atoms with E-state index in [1.807, 2.05) is 56.3 Å². The van der Waals surface area contributed by atoms with Gasteiger partial charge in [0.15, 0.2) is 0 Å². The number of amides is 2. The molecule has 5 heteroatoms. The standard InChI is InChI=1S/C24H24N2O3/c1-16-8-12-18(13-9-16)23(27)25-22(20-6-4-5-7-21(20)29-3)26-24(28)19-14-10-17(2)11-15-19/h4-15,22H,1-3H3,(H,25,27)(H,26,28). The molecule has 0 unspecified atom stereocenters. The summed E-state index contributed by atoms with van der Waals surface area (Å²) in [7, 11) is 1.56. The number of carbonyl (C=O) groups excluding carboxylic acids is 2. The molecule has 0 saturated heterocycles. The number of hydrogen-bond donors (Lipinski definition) is 2. The van der Waals surface area contributed by atoms with Crippen LogP contribution < -0.4 is 15.4 Å². The highest BCUT2D eigenvalue weighted by Gasteiger charge is 2.21. The first-order valence-corrected chi connectivity index (χ1v) is 9.36. The Balaban J connectivity index is 1.88.